The normalized spacial score (nSPS) is 10.0. The summed E-state index contributed by atoms with van der Waals surface area (Å²) in [6.45, 7) is 0.349. The topological polar surface area (TPSA) is 93.5 Å². The highest BCUT2D eigenvalue weighted by molar-refractivity contribution is 5.99. The molecule has 0 aliphatic rings. The molecule has 0 fully saturated rings. The van der Waals surface area contributed by atoms with Crippen LogP contribution in [0.2, 0.25) is 0 Å². The summed E-state index contributed by atoms with van der Waals surface area (Å²) in [6.07, 6.45) is 0.959. The maximum Gasteiger partial charge on any atom is 0.262 e. The second kappa shape index (κ2) is 9.32. The molecule has 0 saturated heterocycles. The van der Waals surface area contributed by atoms with E-state index < -0.39 is 0 Å². The lowest BCUT2D eigenvalue weighted by molar-refractivity contribution is -0.118. The fourth-order valence-electron chi connectivity index (χ4n) is 2.03. The van der Waals surface area contributed by atoms with Gasteiger partial charge in [-0.05, 0) is 37.2 Å². The van der Waals surface area contributed by atoms with E-state index in [1.54, 1.807) is 36.4 Å². The predicted octanol–water partition coefficient (Wildman–Crippen LogP) is 2.38. The van der Waals surface area contributed by atoms with Crippen molar-refractivity contribution in [1.29, 1.82) is 0 Å². The van der Waals surface area contributed by atoms with E-state index in [0.717, 1.165) is 0 Å². The zero-order valence-corrected chi connectivity index (χ0v) is 13.3. The number of ether oxygens (including phenoxy) is 1. The summed E-state index contributed by atoms with van der Waals surface area (Å²) in [5.74, 6) is 0.182. The van der Waals surface area contributed by atoms with Gasteiger partial charge < -0.3 is 21.1 Å². The summed E-state index contributed by atoms with van der Waals surface area (Å²) in [6, 6.07) is 16.1. The van der Waals surface area contributed by atoms with Gasteiger partial charge in [-0.25, -0.2) is 0 Å². The highest BCUT2D eigenvalue weighted by Gasteiger charge is 2.09. The van der Waals surface area contributed by atoms with E-state index in [-0.39, 0.29) is 18.4 Å². The molecule has 6 nitrogen and oxygen atoms in total. The van der Waals surface area contributed by atoms with Gasteiger partial charge in [0.1, 0.15) is 5.75 Å². The molecule has 2 amide bonds. The number of amides is 2. The second-order valence-electron chi connectivity index (χ2n) is 5.14. The Morgan fingerprint density at radius 1 is 0.875 bits per heavy atom. The highest BCUT2D eigenvalue weighted by atomic mass is 16.5. The minimum atomic E-state index is -0.303. The van der Waals surface area contributed by atoms with Crippen LogP contribution in [-0.4, -0.2) is 25.0 Å². The molecular weight excluding hydrogens is 306 g/mol. The quantitative estimate of drug-likeness (QED) is 0.694. The first-order valence-electron chi connectivity index (χ1n) is 7.75. The minimum absolute atomic E-state index is 0.112. The lowest BCUT2D eigenvalue weighted by Gasteiger charge is -2.12. The van der Waals surface area contributed by atoms with E-state index in [4.69, 9.17) is 10.5 Å². The summed E-state index contributed by atoms with van der Waals surface area (Å²) in [5, 5.41) is 5.51. The number of rotatable bonds is 8. The molecule has 0 aliphatic heterocycles. The summed E-state index contributed by atoms with van der Waals surface area (Å²) in [5.41, 5.74) is 6.47. The van der Waals surface area contributed by atoms with Gasteiger partial charge in [-0.15, -0.1) is 0 Å². The van der Waals surface area contributed by atoms with Gasteiger partial charge in [0.05, 0.1) is 11.4 Å². The van der Waals surface area contributed by atoms with Crippen molar-refractivity contribution in [3.8, 4) is 5.75 Å². The van der Waals surface area contributed by atoms with Crippen molar-refractivity contribution in [1.82, 2.24) is 0 Å². The second-order valence-corrected chi connectivity index (χ2v) is 5.14. The molecular formula is C18H21N3O3. The van der Waals surface area contributed by atoms with Gasteiger partial charge in [-0.2, -0.15) is 0 Å². The number of para-hydroxylation sites is 3. The Kier molecular flexibility index (Phi) is 6.79. The number of carbonyl (C=O) groups excluding carboxylic acids is 2. The molecule has 0 bridgehead atoms. The summed E-state index contributed by atoms with van der Waals surface area (Å²) in [7, 11) is 0. The SMILES string of the molecule is NCCCC(=O)Nc1ccccc1NC(=O)COc1ccccc1. The molecule has 24 heavy (non-hydrogen) atoms. The van der Waals surface area contributed by atoms with Crippen LogP contribution in [0.5, 0.6) is 5.75 Å². The largest absolute Gasteiger partial charge is 0.484 e. The fraction of sp³-hybridized carbons (Fsp3) is 0.222. The summed E-state index contributed by atoms with van der Waals surface area (Å²) in [4.78, 5) is 23.8. The minimum Gasteiger partial charge on any atom is -0.484 e. The zero-order chi connectivity index (χ0) is 17.2. The number of anilines is 2. The van der Waals surface area contributed by atoms with Crippen molar-refractivity contribution in [2.45, 2.75) is 12.8 Å². The molecule has 126 valence electrons. The molecule has 6 heteroatoms. The molecule has 0 atom stereocenters. The van der Waals surface area contributed by atoms with Crippen LogP contribution in [0.3, 0.4) is 0 Å². The first-order chi connectivity index (χ1) is 11.7. The van der Waals surface area contributed by atoms with Gasteiger partial charge in [0.15, 0.2) is 6.61 Å². The Labute approximate surface area is 141 Å². The first-order valence-corrected chi connectivity index (χ1v) is 7.75. The van der Waals surface area contributed by atoms with Crippen molar-refractivity contribution in [3.05, 3.63) is 54.6 Å². The van der Waals surface area contributed by atoms with Crippen LogP contribution in [0.4, 0.5) is 11.4 Å². The third kappa shape index (κ3) is 5.73. The number of carbonyl (C=O) groups is 2. The molecule has 0 saturated carbocycles. The Morgan fingerprint density at radius 3 is 2.08 bits per heavy atom. The van der Waals surface area contributed by atoms with E-state index in [0.29, 0.717) is 36.5 Å². The standard InChI is InChI=1S/C18H21N3O3/c19-12-6-11-17(22)20-15-9-4-5-10-16(15)21-18(23)13-24-14-7-2-1-3-8-14/h1-5,7-10H,6,11-13,19H2,(H,20,22)(H,21,23). The van der Waals surface area contributed by atoms with Gasteiger partial charge in [0, 0.05) is 6.42 Å². The van der Waals surface area contributed by atoms with Crippen LogP contribution in [0, 0.1) is 0 Å². The van der Waals surface area contributed by atoms with E-state index in [9.17, 15) is 9.59 Å². The van der Waals surface area contributed by atoms with Crippen LogP contribution in [-0.2, 0) is 9.59 Å². The van der Waals surface area contributed by atoms with E-state index >= 15 is 0 Å². The maximum absolute atomic E-state index is 12.0. The van der Waals surface area contributed by atoms with Gasteiger partial charge in [0.25, 0.3) is 5.91 Å². The maximum atomic E-state index is 12.0. The molecule has 2 aromatic carbocycles. The fourth-order valence-corrected chi connectivity index (χ4v) is 2.03. The van der Waals surface area contributed by atoms with Crippen molar-refractivity contribution in [2.75, 3.05) is 23.8 Å². The van der Waals surface area contributed by atoms with Gasteiger partial charge >= 0.3 is 0 Å². The lowest BCUT2D eigenvalue weighted by atomic mass is 10.2. The molecule has 0 aromatic heterocycles. The molecule has 2 aromatic rings. The van der Waals surface area contributed by atoms with Gasteiger partial charge in [-0.1, -0.05) is 30.3 Å². The first kappa shape index (κ1) is 17.5. The van der Waals surface area contributed by atoms with Crippen molar-refractivity contribution in [3.63, 3.8) is 0 Å². The highest BCUT2D eigenvalue weighted by Crippen LogP contribution is 2.21. The van der Waals surface area contributed by atoms with Gasteiger partial charge in [0.2, 0.25) is 5.91 Å². The molecule has 2 rings (SSSR count). The van der Waals surface area contributed by atoms with Crippen molar-refractivity contribution >= 4 is 23.2 Å². The summed E-state index contributed by atoms with van der Waals surface area (Å²) < 4.78 is 5.40. The van der Waals surface area contributed by atoms with E-state index in [1.165, 1.54) is 0 Å². The number of benzene rings is 2. The molecule has 0 aliphatic carbocycles. The Bertz CT molecular complexity index is 674. The Morgan fingerprint density at radius 2 is 1.46 bits per heavy atom. The monoisotopic (exact) mass is 327 g/mol. The zero-order valence-electron chi connectivity index (χ0n) is 13.3. The Hall–Kier alpha value is -2.86. The smallest absolute Gasteiger partial charge is 0.262 e. The van der Waals surface area contributed by atoms with Crippen LogP contribution in [0.1, 0.15) is 12.8 Å². The Balaban J connectivity index is 1.91. The van der Waals surface area contributed by atoms with Crippen LogP contribution in [0.25, 0.3) is 0 Å². The average Bonchev–Trinajstić information content (AvgIpc) is 2.61. The van der Waals surface area contributed by atoms with Crippen LogP contribution >= 0.6 is 0 Å². The van der Waals surface area contributed by atoms with Gasteiger partial charge in [-0.3, -0.25) is 9.59 Å². The number of nitrogens with two attached hydrogens (primary N) is 1. The molecule has 0 heterocycles. The molecule has 0 spiro atoms. The molecule has 0 unspecified atom stereocenters. The lowest BCUT2D eigenvalue weighted by Crippen LogP contribution is -2.21. The molecule has 4 N–H and O–H groups in total. The number of hydrogen-bond donors (Lipinski definition) is 3. The van der Waals surface area contributed by atoms with Crippen molar-refractivity contribution in [2.24, 2.45) is 5.73 Å². The van der Waals surface area contributed by atoms with E-state index in [1.807, 2.05) is 18.2 Å². The third-order valence-corrected chi connectivity index (χ3v) is 3.20. The average molecular weight is 327 g/mol. The van der Waals surface area contributed by atoms with Crippen molar-refractivity contribution < 1.29 is 14.3 Å². The number of nitrogens with one attached hydrogen (secondary N) is 2. The van der Waals surface area contributed by atoms with E-state index in [2.05, 4.69) is 10.6 Å². The summed E-state index contributed by atoms with van der Waals surface area (Å²) >= 11 is 0. The number of hydrogen-bond acceptors (Lipinski definition) is 4. The predicted molar refractivity (Wildman–Crippen MR) is 93.9 cm³/mol. The molecule has 0 radical (unpaired) electrons. The van der Waals surface area contributed by atoms with Crippen LogP contribution in [0.15, 0.2) is 54.6 Å². The third-order valence-electron chi connectivity index (χ3n) is 3.20. The van der Waals surface area contributed by atoms with Crippen LogP contribution < -0.4 is 21.1 Å².